The number of hydrogen-bond donors (Lipinski definition) is 1. The Morgan fingerprint density at radius 2 is 1.62 bits per heavy atom. The molecule has 0 unspecified atom stereocenters. The van der Waals surface area contributed by atoms with Crippen molar-refractivity contribution in [1.29, 1.82) is 0 Å². The Morgan fingerprint density at radius 3 is 1.85 bits per heavy atom. The van der Waals surface area contributed by atoms with E-state index < -0.39 is 12.8 Å². The average Bonchev–Trinajstić information content (AvgIpc) is 2.06. The first-order valence-corrected chi connectivity index (χ1v) is 3.19. The van der Waals surface area contributed by atoms with Crippen molar-refractivity contribution >= 4 is 0 Å². The third kappa shape index (κ3) is 3.51. The minimum atomic E-state index is -1.51. The van der Waals surface area contributed by atoms with Crippen LogP contribution in [0.2, 0.25) is 0 Å². The maximum absolute atomic E-state index is 10.8. The lowest BCUT2D eigenvalue weighted by atomic mass is 10.6. The summed E-state index contributed by atoms with van der Waals surface area (Å²) in [6.45, 7) is -0.757. The van der Waals surface area contributed by atoms with Crippen molar-refractivity contribution in [3.05, 3.63) is 10.4 Å². The van der Waals surface area contributed by atoms with Crippen LogP contribution >= 0.6 is 0 Å². The number of hydrogen-bond acceptors (Lipinski definition) is 7. The molecule has 0 atom stereocenters. The molecule has 0 aliphatic carbocycles. The van der Waals surface area contributed by atoms with E-state index in [0.29, 0.717) is 0 Å². The van der Waals surface area contributed by atoms with E-state index in [1.807, 2.05) is 0 Å². The fraction of sp³-hybridized carbons (Fsp3) is 1.00. The van der Waals surface area contributed by atoms with Gasteiger partial charge in [-0.05, 0) is 0 Å². The Kier molecular flexibility index (Phi) is 5.19. The maximum atomic E-state index is 10.8. The van der Waals surface area contributed by atoms with Crippen molar-refractivity contribution in [2.24, 2.45) is 10.6 Å². The lowest BCUT2D eigenvalue weighted by Gasteiger charge is -2.06. The van der Waals surface area contributed by atoms with Crippen molar-refractivity contribution in [2.45, 2.75) is 6.17 Å². The van der Waals surface area contributed by atoms with E-state index in [9.17, 15) is 10.4 Å². The molecule has 0 amide bonds. The van der Waals surface area contributed by atoms with Crippen LogP contribution in [0.25, 0.3) is 0 Å². The number of aliphatic hydroxyl groups excluding tert-OH is 1. The van der Waals surface area contributed by atoms with Crippen LogP contribution in [-0.4, -0.2) is 41.8 Å². The van der Waals surface area contributed by atoms with Gasteiger partial charge in [0.15, 0.2) is 6.61 Å². The van der Waals surface area contributed by atoms with Gasteiger partial charge in [0.2, 0.25) is 10.6 Å². The van der Waals surface area contributed by atoms with Gasteiger partial charge in [0.25, 0.3) is 0 Å². The summed E-state index contributed by atoms with van der Waals surface area (Å²) in [4.78, 5) is 7.93. The van der Waals surface area contributed by atoms with Gasteiger partial charge in [-0.1, -0.05) is 0 Å². The van der Waals surface area contributed by atoms with E-state index in [-0.39, 0.29) is 9.72 Å². The van der Waals surface area contributed by atoms with Gasteiger partial charge in [-0.15, -0.1) is 0 Å². The van der Waals surface area contributed by atoms with E-state index in [1.165, 1.54) is 0 Å². The molecule has 0 aliphatic rings. The predicted molar refractivity (Wildman–Crippen MR) is 37.0 cm³/mol. The van der Waals surface area contributed by atoms with Gasteiger partial charge in [0, 0.05) is 9.72 Å². The van der Waals surface area contributed by atoms with E-state index in [1.54, 1.807) is 0 Å². The summed E-state index contributed by atoms with van der Waals surface area (Å²) in [6, 6.07) is 0. The molecule has 0 saturated heterocycles. The molecule has 13 heavy (non-hydrogen) atoms. The van der Waals surface area contributed by atoms with Crippen LogP contribution in [0.5, 0.6) is 0 Å². The molecule has 0 radical (unpaired) electrons. The van der Waals surface area contributed by atoms with E-state index in [0.717, 1.165) is 14.2 Å². The standard InChI is InChI=1S/C4H10N4O5/c1-12-5-7(10)4(3-9)8(11)6-13-2/h4,9H,3H2,1-2H3/b7-5-,8-6-. The monoisotopic (exact) mass is 194 g/mol. The molecule has 0 aliphatic heterocycles. The van der Waals surface area contributed by atoms with Crippen LogP contribution in [0.4, 0.5) is 0 Å². The quantitative estimate of drug-likeness (QED) is 0.270. The topological polar surface area (TPSA) is 116 Å². The molecule has 9 heteroatoms. The summed E-state index contributed by atoms with van der Waals surface area (Å²) in [5.74, 6) is 0. The zero-order valence-corrected chi connectivity index (χ0v) is 7.15. The van der Waals surface area contributed by atoms with Crippen LogP contribution in [-0.2, 0) is 9.68 Å². The Labute approximate surface area is 73.6 Å². The minimum absolute atomic E-state index is 0.129. The maximum Gasteiger partial charge on any atom is 0.439 e. The molecule has 1 N–H and O–H groups in total. The highest BCUT2D eigenvalue weighted by atomic mass is 16.7. The summed E-state index contributed by atoms with van der Waals surface area (Å²) in [7, 11) is 2.25. The summed E-state index contributed by atoms with van der Waals surface area (Å²) >= 11 is 0. The van der Waals surface area contributed by atoms with E-state index in [4.69, 9.17) is 5.11 Å². The summed E-state index contributed by atoms with van der Waals surface area (Å²) in [5.41, 5.74) is 0. The highest BCUT2D eigenvalue weighted by Crippen LogP contribution is 1.94. The van der Waals surface area contributed by atoms with Crippen molar-refractivity contribution in [3.63, 3.8) is 0 Å². The van der Waals surface area contributed by atoms with Gasteiger partial charge < -0.3 is 25.2 Å². The molecule has 0 bridgehead atoms. The predicted octanol–water partition coefficient (Wildman–Crippen LogP) is -0.647. The first kappa shape index (κ1) is 11.4. The van der Waals surface area contributed by atoms with Crippen LogP contribution in [0, 0.1) is 10.4 Å². The zero-order valence-electron chi connectivity index (χ0n) is 7.15. The number of aliphatic hydroxyl groups is 1. The second kappa shape index (κ2) is 5.94. The molecule has 9 nitrogen and oxygen atoms in total. The summed E-state index contributed by atoms with van der Waals surface area (Å²) in [6.07, 6.45) is -1.51. The van der Waals surface area contributed by atoms with Crippen LogP contribution in [0.1, 0.15) is 0 Å². The van der Waals surface area contributed by atoms with Crippen molar-refractivity contribution in [1.82, 2.24) is 0 Å². The smallest absolute Gasteiger partial charge is 0.439 e. The molecule has 0 heterocycles. The fourth-order valence-corrected chi connectivity index (χ4v) is 0.494. The van der Waals surface area contributed by atoms with Gasteiger partial charge in [-0.3, -0.25) is 0 Å². The Hall–Kier alpha value is -1.64. The molecule has 0 rings (SSSR count). The number of nitrogens with zero attached hydrogens (tertiary/aromatic N) is 4. The van der Waals surface area contributed by atoms with Crippen LogP contribution in [0.3, 0.4) is 0 Å². The Morgan fingerprint density at radius 1 is 1.23 bits per heavy atom. The van der Waals surface area contributed by atoms with Crippen LogP contribution in [0.15, 0.2) is 10.6 Å². The molecule has 76 valence electrons. The largest absolute Gasteiger partial charge is 0.592 e. The third-order valence-corrected chi connectivity index (χ3v) is 0.997. The Balaban J connectivity index is 4.50. The molecular weight excluding hydrogens is 184 g/mol. The number of rotatable bonds is 5. The fourth-order valence-electron chi connectivity index (χ4n) is 0.494. The van der Waals surface area contributed by atoms with Crippen molar-refractivity contribution in [2.75, 3.05) is 20.8 Å². The van der Waals surface area contributed by atoms with Gasteiger partial charge in [-0.2, -0.15) is 0 Å². The van der Waals surface area contributed by atoms with E-state index in [2.05, 4.69) is 20.2 Å². The highest BCUT2D eigenvalue weighted by molar-refractivity contribution is 4.30. The zero-order chi connectivity index (χ0) is 10.3. The van der Waals surface area contributed by atoms with Gasteiger partial charge in [0.05, 0.1) is 0 Å². The lowest BCUT2D eigenvalue weighted by molar-refractivity contribution is -0.798. The third-order valence-electron chi connectivity index (χ3n) is 0.997. The molecule has 0 aromatic heterocycles. The summed E-state index contributed by atoms with van der Waals surface area (Å²) < 4.78 is 0. The molecule has 0 fully saturated rings. The SMILES string of the molecule is CO/N=[N+](\[O-])C(CO)/[N+]([O-])=N/OC. The molecule has 0 saturated carbocycles. The molecular formula is C4H10N4O5. The first-order chi connectivity index (χ1) is 6.17. The Bertz CT molecular complexity index is 185. The number of hydroxylamine groups is 2. The van der Waals surface area contributed by atoms with Crippen molar-refractivity contribution in [3.8, 4) is 0 Å². The first-order valence-electron chi connectivity index (χ1n) is 3.19. The minimum Gasteiger partial charge on any atom is -0.592 e. The normalized spacial score (nSPS) is 15.3. The highest BCUT2D eigenvalue weighted by Gasteiger charge is 2.28. The van der Waals surface area contributed by atoms with Gasteiger partial charge in [-0.25, -0.2) is 0 Å². The molecule has 0 spiro atoms. The van der Waals surface area contributed by atoms with E-state index >= 15 is 0 Å². The average molecular weight is 194 g/mol. The molecule has 0 aromatic rings. The van der Waals surface area contributed by atoms with Gasteiger partial charge in [0.1, 0.15) is 14.2 Å². The second-order valence-corrected chi connectivity index (χ2v) is 1.80. The van der Waals surface area contributed by atoms with Gasteiger partial charge >= 0.3 is 6.17 Å². The summed E-state index contributed by atoms with van der Waals surface area (Å²) in [5, 5.41) is 35.9. The lowest BCUT2D eigenvalue weighted by Crippen LogP contribution is -2.33. The molecule has 0 aromatic carbocycles. The van der Waals surface area contributed by atoms with Crippen LogP contribution < -0.4 is 0 Å². The second-order valence-electron chi connectivity index (χ2n) is 1.80. The van der Waals surface area contributed by atoms with Crippen molar-refractivity contribution < 1.29 is 24.5 Å².